The first-order valence-corrected chi connectivity index (χ1v) is 11.9. The Morgan fingerprint density at radius 1 is 1.25 bits per heavy atom. The Balaban J connectivity index is 1.91. The molecule has 1 unspecified atom stereocenters. The van der Waals surface area contributed by atoms with E-state index in [0.717, 1.165) is 5.56 Å². The Labute approximate surface area is 192 Å². The minimum absolute atomic E-state index is 0.109. The summed E-state index contributed by atoms with van der Waals surface area (Å²) in [5.41, 5.74) is 1.92. The summed E-state index contributed by atoms with van der Waals surface area (Å²) < 4.78 is 10.6. The van der Waals surface area contributed by atoms with E-state index >= 15 is 0 Å². The second kappa shape index (κ2) is 11.3. The predicted molar refractivity (Wildman–Crippen MR) is 122 cm³/mol. The molecule has 1 aromatic heterocycles. The molecule has 9 heteroatoms. The molecule has 3 heterocycles. The van der Waals surface area contributed by atoms with E-state index in [1.165, 1.54) is 11.3 Å². The Kier molecular flexibility index (Phi) is 8.46. The van der Waals surface area contributed by atoms with Crippen LogP contribution in [0.5, 0.6) is 0 Å². The van der Waals surface area contributed by atoms with E-state index < -0.39 is 12.0 Å². The van der Waals surface area contributed by atoms with E-state index in [0.29, 0.717) is 50.4 Å². The van der Waals surface area contributed by atoms with Crippen LogP contribution in [0.1, 0.15) is 38.3 Å². The number of urea groups is 1. The SMILES string of the molecule is C=CCN1C(=O)NC(c2ccsc2)C(C(=O)OCC)=C1CN1CCC(C(=O)OCC)CC1. The van der Waals surface area contributed by atoms with Crippen LogP contribution in [0.3, 0.4) is 0 Å². The highest BCUT2D eigenvalue weighted by Crippen LogP contribution is 2.33. The second-order valence-electron chi connectivity index (χ2n) is 7.72. The minimum Gasteiger partial charge on any atom is -0.466 e. The Morgan fingerprint density at radius 3 is 2.56 bits per heavy atom. The quantitative estimate of drug-likeness (QED) is 0.449. The lowest BCUT2D eigenvalue weighted by Crippen LogP contribution is -2.51. The van der Waals surface area contributed by atoms with Gasteiger partial charge in [0.05, 0.1) is 30.7 Å². The number of hydrogen-bond donors (Lipinski definition) is 1. The number of nitrogens with zero attached hydrogens (tertiary/aromatic N) is 2. The third-order valence-corrected chi connectivity index (χ3v) is 6.40. The standard InChI is InChI=1S/C23H31N3O5S/c1-4-10-26-18(14-25-11-7-16(8-12-25)21(27)30-5-2)19(22(28)31-6-3)20(24-23(26)29)17-9-13-32-15-17/h4,9,13,15-16,20H,1,5-8,10-12,14H2,2-3H3,(H,24,29). The monoisotopic (exact) mass is 461 g/mol. The zero-order valence-electron chi connectivity index (χ0n) is 18.7. The maximum absolute atomic E-state index is 13.1. The molecule has 8 nitrogen and oxygen atoms in total. The van der Waals surface area contributed by atoms with E-state index in [1.807, 2.05) is 23.8 Å². The smallest absolute Gasteiger partial charge is 0.338 e. The molecule has 0 bridgehead atoms. The molecule has 0 spiro atoms. The van der Waals surface area contributed by atoms with Crippen LogP contribution >= 0.6 is 11.3 Å². The summed E-state index contributed by atoms with van der Waals surface area (Å²) in [4.78, 5) is 41.9. The van der Waals surface area contributed by atoms with Crippen molar-refractivity contribution in [2.45, 2.75) is 32.7 Å². The maximum Gasteiger partial charge on any atom is 0.338 e. The van der Waals surface area contributed by atoms with Crippen LogP contribution in [0, 0.1) is 5.92 Å². The zero-order valence-corrected chi connectivity index (χ0v) is 19.5. The van der Waals surface area contributed by atoms with Gasteiger partial charge in [0.25, 0.3) is 0 Å². The van der Waals surface area contributed by atoms with Crippen molar-refractivity contribution in [3.8, 4) is 0 Å². The van der Waals surface area contributed by atoms with E-state index in [4.69, 9.17) is 9.47 Å². The molecule has 2 aliphatic heterocycles. The average molecular weight is 462 g/mol. The summed E-state index contributed by atoms with van der Waals surface area (Å²) >= 11 is 1.51. The highest BCUT2D eigenvalue weighted by molar-refractivity contribution is 7.08. The van der Waals surface area contributed by atoms with Crippen LogP contribution in [0.15, 0.2) is 40.8 Å². The topological polar surface area (TPSA) is 88.2 Å². The van der Waals surface area contributed by atoms with Crippen LogP contribution in [0.4, 0.5) is 4.79 Å². The molecule has 3 rings (SSSR count). The van der Waals surface area contributed by atoms with Crippen molar-refractivity contribution >= 4 is 29.3 Å². The fraction of sp³-hybridized carbons (Fsp3) is 0.522. The first-order valence-electron chi connectivity index (χ1n) is 11.0. The number of carbonyl (C=O) groups is 3. The van der Waals surface area contributed by atoms with Gasteiger partial charge in [-0.3, -0.25) is 14.6 Å². The molecule has 0 radical (unpaired) electrons. The normalized spacial score (nSPS) is 20.1. The number of thiophene rings is 1. The van der Waals surface area contributed by atoms with E-state index in [9.17, 15) is 14.4 Å². The molecule has 1 aromatic rings. The number of amides is 2. The number of carbonyl (C=O) groups excluding carboxylic acids is 3. The van der Waals surface area contributed by atoms with Crippen molar-refractivity contribution in [2.75, 3.05) is 39.4 Å². The van der Waals surface area contributed by atoms with Gasteiger partial charge in [0.15, 0.2) is 0 Å². The molecule has 2 amide bonds. The van der Waals surface area contributed by atoms with Crippen molar-refractivity contribution in [1.82, 2.24) is 15.1 Å². The van der Waals surface area contributed by atoms with Gasteiger partial charge in [0.2, 0.25) is 0 Å². The molecule has 32 heavy (non-hydrogen) atoms. The lowest BCUT2D eigenvalue weighted by molar-refractivity contribution is -0.149. The molecule has 0 aliphatic carbocycles. The number of piperidine rings is 1. The number of hydrogen-bond acceptors (Lipinski definition) is 7. The van der Waals surface area contributed by atoms with Crippen molar-refractivity contribution < 1.29 is 23.9 Å². The molecule has 0 saturated carbocycles. The Morgan fingerprint density at radius 2 is 1.97 bits per heavy atom. The number of ether oxygens (including phenoxy) is 2. The van der Waals surface area contributed by atoms with Crippen LogP contribution in [-0.4, -0.2) is 67.2 Å². The lowest BCUT2D eigenvalue weighted by Gasteiger charge is -2.39. The summed E-state index contributed by atoms with van der Waals surface area (Å²) in [5.74, 6) is -0.696. The van der Waals surface area contributed by atoms with Gasteiger partial charge in [-0.25, -0.2) is 9.59 Å². The zero-order chi connectivity index (χ0) is 23.1. The van der Waals surface area contributed by atoms with Crippen LogP contribution in [0.2, 0.25) is 0 Å². The van der Waals surface area contributed by atoms with Crippen molar-refractivity contribution in [3.63, 3.8) is 0 Å². The summed E-state index contributed by atoms with van der Waals surface area (Å²) in [6, 6.07) is 1.06. The average Bonchev–Trinajstić information content (AvgIpc) is 3.31. The van der Waals surface area contributed by atoms with Gasteiger partial charge in [0.1, 0.15) is 0 Å². The first-order chi connectivity index (χ1) is 15.5. The fourth-order valence-electron chi connectivity index (χ4n) is 4.13. The van der Waals surface area contributed by atoms with Crippen molar-refractivity contribution in [3.05, 3.63) is 46.3 Å². The molecule has 1 saturated heterocycles. The highest BCUT2D eigenvalue weighted by atomic mass is 32.1. The fourth-order valence-corrected chi connectivity index (χ4v) is 4.82. The summed E-state index contributed by atoms with van der Waals surface area (Å²) in [6.45, 7) is 10.0. The van der Waals surface area contributed by atoms with Gasteiger partial charge in [-0.1, -0.05) is 6.08 Å². The van der Waals surface area contributed by atoms with Gasteiger partial charge in [-0.05, 0) is 62.2 Å². The largest absolute Gasteiger partial charge is 0.466 e. The van der Waals surface area contributed by atoms with Crippen LogP contribution < -0.4 is 5.32 Å². The first kappa shape index (κ1) is 24.0. The third kappa shape index (κ3) is 5.39. The van der Waals surface area contributed by atoms with E-state index in [2.05, 4.69) is 16.8 Å². The molecular formula is C23H31N3O5S. The third-order valence-electron chi connectivity index (χ3n) is 5.70. The van der Waals surface area contributed by atoms with Crippen LogP contribution in [-0.2, 0) is 19.1 Å². The van der Waals surface area contributed by atoms with Gasteiger partial charge >= 0.3 is 18.0 Å². The lowest BCUT2D eigenvalue weighted by atomic mass is 9.94. The Hall–Kier alpha value is -2.65. The molecule has 0 aromatic carbocycles. The molecule has 1 fully saturated rings. The predicted octanol–water partition coefficient (Wildman–Crippen LogP) is 3.09. The van der Waals surface area contributed by atoms with Gasteiger partial charge in [-0.2, -0.15) is 11.3 Å². The van der Waals surface area contributed by atoms with Gasteiger partial charge < -0.3 is 14.8 Å². The van der Waals surface area contributed by atoms with Gasteiger partial charge in [-0.15, -0.1) is 6.58 Å². The molecule has 2 aliphatic rings. The minimum atomic E-state index is -0.569. The van der Waals surface area contributed by atoms with E-state index in [1.54, 1.807) is 17.9 Å². The molecule has 1 N–H and O–H groups in total. The highest BCUT2D eigenvalue weighted by Gasteiger charge is 2.39. The number of likely N-dealkylation sites (tertiary alicyclic amines) is 1. The maximum atomic E-state index is 13.1. The van der Waals surface area contributed by atoms with Crippen molar-refractivity contribution in [2.24, 2.45) is 5.92 Å². The number of nitrogens with one attached hydrogen (secondary N) is 1. The molecule has 174 valence electrons. The second-order valence-corrected chi connectivity index (χ2v) is 8.50. The summed E-state index contributed by atoms with van der Waals surface area (Å²) in [5, 5.41) is 6.80. The van der Waals surface area contributed by atoms with E-state index in [-0.39, 0.29) is 31.1 Å². The number of esters is 2. The summed E-state index contributed by atoms with van der Waals surface area (Å²) in [6.07, 6.45) is 3.01. The molecule has 1 atom stereocenters. The molecular weight excluding hydrogens is 430 g/mol. The van der Waals surface area contributed by atoms with Crippen molar-refractivity contribution in [1.29, 1.82) is 0 Å². The Bertz CT molecular complexity index is 859. The van der Waals surface area contributed by atoms with Crippen LogP contribution in [0.25, 0.3) is 0 Å². The van der Waals surface area contributed by atoms with Gasteiger partial charge in [0, 0.05) is 18.8 Å². The number of rotatable bonds is 9. The summed E-state index contributed by atoms with van der Waals surface area (Å²) in [7, 11) is 0.